The molecule has 0 spiro atoms. The summed E-state index contributed by atoms with van der Waals surface area (Å²) < 4.78 is 6.49. The first-order valence-corrected chi connectivity index (χ1v) is 9.49. The van der Waals surface area contributed by atoms with E-state index in [1.165, 1.54) is 16.3 Å². The van der Waals surface area contributed by atoms with E-state index in [2.05, 4.69) is 17.2 Å². The summed E-state index contributed by atoms with van der Waals surface area (Å²) in [6, 6.07) is 10.9. The highest BCUT2D eigenvalue weighted by Gasteiger charge is 2.18. The summed E-state index contributed by atoms with van der Waals surface area (Å²) in [6.45, 7) is 5.57. The Labute approximate surface area is 168 Å². The van der Waals surface area contributed by atoms with Crippen molar-refractivity contribution in [3.05, 3.63) is 69.6 Å². The predicted molar refractivity (Wildman–Crippen MR) is 111 cm³/mol. The first kappa shape index (κ1) is 20.3. The second kappa shape index (κ2) is 8.68. The Kier molecular flexibility index (Phi) is 6.07. The van der Waals surface area contributed by atoms with Crippen molar-refractivity contribution in [1.82, 2.24) is 9.55 Å². The molecule has 3 rings (SSSR count). The highest BCUT2D eigenvalue weighted by atomic mass is 16.5. The van der Waals surface area contributed by atoms with E-state index >= 15 is 0 Å². The van der Waals surface area contributed by atoms with Crippen LogP contribution in [0.25, 0.3) is 11.0 Å². The maximum absolute atomic E-state index is 12.7. The fraction of sp³-hybridized carbons (Fsp3) is 0.273. The van der Waals surface area contributed by atoms with Gasteiger partial charge in [0.1, 0.15) is 17.8 Å². The number of aromatic nitrogens is 2. The van der Waals surface area contributed by atoms with E-state index in [0.29, 0.717) is 17.0 Å². The molecule has 0 unspecified atom stereocenters. The van der Waals surface area contributed by atoms with Crippen molar-refractivity contribution in [3.8, 4) is 0 Å². The molecule has 2 aromatic heterocycles. The van der Waals surface area contributed by atoms with Gasteiger partial charge in [-0.25, -0.2) is 9.78 Å². The normalized spacial score (nSPS) is 10.7. The number of fused-ring (bicyclic) bond motifs is 1. The van der Waals surface area contributed by atoms with E-state index in [1.54, 1.807) is 26.0 Å². The molecule has 3 aromatic rings. The molecular formula is C22H23N3O4. The Morgan fingerprint density at radius 3 is 2.48 bits per heavy atom. The number of carbonyl (C=O) groups excluding carboxylic acids is 2. The molecule has 0 saturated carbocycles. The third-order valence-corrected chi connectivity index (χ3v) is 4.52. The van der Waals surface area contributed by atoms with Crippen LogP contribution in [0.5, 0.6) is 0 Å². The minimum absolute atomic E-state index is 0.102. The molecule has 1 amide bonds. The number of ether oxygens (including phenoxy) is 1. The molecule has 150 valence electrons. The van der Waals surface area contributed by atoms with Crippen molar-refractivity contribution in [3.63, 3.8) is 0 Å². The zero-order valence-corrected chi connectivity index (χ0v) is 16.7. The number of aryl methyl sites for hydroxylation is 2. The average molecular weight is 393 g/mol. The number of carbonyl (C=O) groups is 2. The molecule has 0 fully saturated rings. The van der Waals surface area contributed by atoms with Gasteiger partial charge in [0.2, 0.25) is 11.3 Å². The Hall–Kier alpha value is -3.48. The van der Waals surface area contributed by atoms with Crippen LogP contribution in [0, 0.1) is 6.92 Å². The minimum Gasteiger partial charge on any atom is -0.462 e. The number of hydrogen-bond acceptors (Lipinski definition) is 5. The third-order valence-electron chi connectivity index (χ3n) is 4.52. The van der Waals surface area contributed by atoms with Gasteiger partial charge in [0.25, 0.3) is 0 Å². The lowest BCUT2D eigenvalue weighted by Gasteiger charge is -2.13. The molecule has 2 heterocycles. The summed E-state index contributed by atoms with van der Waals surface area (Å²) in [5.74, 6) is -1.01. The van der Waals surface area contributed by atoms with E-state index in [4.69, 9.17) is 4.74 Å². The topological polar surface area (TPSA) is 90.3 Å². The molecule has 1 N–H and O–H groups in total. The number of nitrogens with zero attached hydrogens (tertiary/aromatic N) is 2. The molecule has 7 heteroatoms. The smallest absolute Gasteiger partial charge is 0.343 e. The van der Waals surface area contributed by atoms with Crippen molar-refractivity contribution in [1.29, 1.82) is 0 Å². The van der Waals surface area contributed by atoms with Crippen LogP contribution in [0.4, 0.5) is 5.69 Å². The van der Waals surface area contributed by atoms with Crippen molar-refractivity contribution >= 4 is 28.6 Å². The molecule has 0 saturated heterocycles. The molecular weight excluding hydrogens is 370 g/mol. The van der Waals surface area contributed by atoms with Crippen molar-refractivity contribution < 1.29 is 14.3 Å². The third kappa shape index (κ3) is 4.51. The summed E-state index contributed by atoms with van der Waals surface area (Å²) >= 11 is 0. The number of nitrogens with one attached hydrogen (secondary N) is 1. The lowest BCUT2D eigenvalue weighted by atomic mass is 10.1. The Morgan fingerprint density at radius 1 is 1.10 bits per heavy atom. The van der Waals surface area contributed by atoms with Crippen LogP contribution >= 0.6 is 0 Å². The van der Waals surface area contributed by atoms with Gasteiger partial charge < -0.3 is 14.6 Å². The first-order chi connectivity index (χ1) is 13.9. The van der Waals surface area contributed by atoms with Crippen molar-refractivity contribution in [2.24, 2.45) is 0 Å². The van der Waals surface area contributed by atoms with Crippen LogP contribution in [-0.2, 0) is 22.5 Å². The number of rotatable bonds is 6. The van der Waals surface area contributed by atoms with E-state index in [0.717, 1.165) is 6.42 Å². The van der Waals surface area contributed by atoms with Gasteiger partial charge in [-0.3, -0.25) is 9.59 Å². The van der Waals surface area contributed by atoms with E-state index in [1.807, 2.05) is 24.3 Å². The van der Waals surface area contributed by atoms with Gasteiger partial charge in [-0.1, -0.05) is 19.1 Å². The second-order valence-corrected chi connectivity index (χ2v) is 6.64. The largest absolute Gasteiger partial charge is 0.462 e. The number of benzene rings is 1. The van der Waals surface area contributed by atoms with Gasteiger partial charge in [-0.15, -0.1) is 0 Å². The number of pyridine rings is 2. The van der Waals surface area contributed by atoms with Crippen LogP contribution < -0.4 is 10.7 Å². The molecule has 0 atom stereocenters. The molecule has 0 bridgehead atoms. The molecule has 0 aliphatic heterocycles. The fourth-order valence-corrected chi connectivity index (χ4v) is 3.01. The number of hydrogen-bond donors (Lipinski definition) is 1. The minimum atomic E-state index is -0.718. The van der Waals surface area contributed by atoms with Crippen LogP contribution in [0.3, 0.4) is 0 Å². The molecule has 0 aliphatic rings. The number of amides is 1. The van der Waals surface area contributed by atoms with Gasteiger partial charge >= 0.3 is 5.97 Å². The highest BCUT2D eigenvalue weighted by Crippen LogP contribution is 2.14. The average Bonchev–Trinajstić information content (AvgIpc) is 2.70. The summed E-state index contributed by atoms with van der Waals surface area (Å²) in [5.41, 5.74) is 2.31. The van der Waals surface area contributed by atoms with Crippen LogP contribution in [0.1, 0.15) is 35.5 Å². The second-order valence-electron chi connectivity index (χ2n) is 6.64. The van der Waals surface area contributed by atoms with Gasteiger partial charge in [-0.05, 0) is 50.1 Å². The molecule has 0 radical (unpaired) electrons. The lowest BCUT2D eigenvalue weighted by molar-refractivity contribution is -0.116. The van der Waals surface area contributed by atoms with Crippen LogP contribution in [-0.4, -0.2) is 28.0 Å². The number of anilines is 1. The van der Waals surface area contributed by atoms with Crippen molar-refractivity contribution in [2.75, 3.05) is 11.9 Å². The van der Waals surface area contributed by atoms with Gasteiger partial charge in [-0.2, -0.15) is 0 Å². The number of esters is 1. The molecule has 29 heavy (non-hydrogen) atoms. The standard InChI is InChI=1S/C22H23N3O4/c1-4-15-7-9-16(10-8-15)24-19(26)13-25-12-18(22(28)29-5-2)20(27)17-11-6-14(3)23-21(17)25/h6-12H,4-5,13H2,1-3H3,(H,24,26). The Morgan fingerprint density at radius 2 is 1.83 bits per heavy atom. The highest BCUT2D eigenvalue weighted by molar-refractivity contribution is 5.95. The summed E-state index contributed by atoms with van der Waals surface area (Å²) in [6.07, 6.45) is 2.26. The SMILES string of the molecule is CCOC(=O)c1cn(CC(=O)Nc2ccc(CC)cc2)c2nc(C)ccc2c1=O. The lowest BCUT2D eigenvalue weighted by Crippen LogP contribution is -2.25. The van der Waals surface area contributed by atoms with Gasteiger partial charge in [0.05, 0.1) is 12.0 Å². The zero-order valence-electron chi connectivity index (χ0n) is 16.7. The fourth-order valence-electron chi connectivity index (χ4n) is 3.01. The van der Waals surface area contributed by atoms with Crippen LogP contribution in [0.2, 0.25) is 0 Å². The van der Waals surface area contributed by atoms with Gasteiger partial charge in [0, 0.05) is 17.6 Å². The summed E-state index contributed by atoms with van der Waals surface area (Å²) in [7, 11) is 0. The zero-order chi connectivity index (χ0) is 21.0. The van der Waals surface area contributed by atoms with Crippen LogP contribution in [0.15, 0.2) is 47.4 Å². The predicted octanol–water partition coefficient (Wildman–Crippen LogP) is 3.08. The first-order valence-electron chi connectivity index (χ1n) is 9.49. The maximum Gasteiger partial charge on any atom is 0.343 e. The van der Waals surface area contributed by atoms with Crippen molar-refractivity contribution in [2.45, 2.75) is 33.7 Å². The van der Waals surface area contributed by atoms with E-state index in [-0.39, 0.29) is 30.0 Å². The molecule has 1 aromatic carbocycles. The summed E-state index contributed by atoms with van der Waals surface area (Å²) in [5, 5.41) is 3.09. The van der Waals surface area contributed by atoms with Gasteiger partial charge in [0.15, 0.2) is 0 Å². The molecule has 7 nitrogen and oxygen atoms in total. The monoisotopic (exact) mass is 393 g/mol. The van der Waals surface area contributed by atoms with E-state index in [9.17, 15) is 14.4 Å². The maximum atomic E-state index is 12.7. The van der Waals surface area contributed by atoms with E-state index < -0.39 is 11.4 Å². The molecule has 0 aliphatic carbocycles. The quantitative estimate of drug-likeness (QED) is 0.650. The Balaban J connectivity index is 1.96. The Bertz CT molecular complexity index is 1120. The summed E-state index contributed by atoms with van der Waals surface area (Å²) in [4.78, 5) is 41.9.